The Hall–Kier alpha value is -3.48. The first-order valence-electron chi connectivity index (χ1n) is 9.02. The molecule has 2 aromatic carbocycles. The second-order valence-electron chi connectivity index (χ2n) is 6.09. The minimum Gasteiger partial charge on any atom is -0.495 e. The topological polar surface area (TPSA) is 83.1 Å². The number of hydrogen-bond donors (Lipinski definition) is 1. The first kappa shape index (κ1) is 21.8. The summed E-state index contributed by atoms with van der Waals surface area (Å²) in [6.07, 6.45) is 1.47. The largest absolute Gasteiger partial charge is 0.495 e. The third-order valence-corrected chi connectivity index (χ3v) is 4.00. The van der Waals surface area contributed by atoms with Gasteiger partial charge in [-0.05, 0) is 43.2 Å². The van der Waals surface area contributed by atoms with E-state index in [9.17, 15) is 9.59 Å². The van der Waals surface area contributed by atoms with E-state index in [0.29, 0.717) is 29.4 Å². The number of ether oxygens (including phenoxy) is 4. The number of nitrogens with one attached hydrogen (secondary N) is 1. The van der Waals surface area contributed by atoms with E-state index in [2.05, 4.69) is 11.9 Å². The number of hydrogen-bond acceptors (Lipinski definition) is 6. The molecule has 0 aliphatic heterocycles. The highest BCUT2D eigenvalue weighted by atomic mass is 16.6. The summed E-state index contributed by atoms with van der Waals surface area (Å²) in [6, 6.07) is 12.3. The van der Waals surface area contributed by atoms with Crippen LogP contribution in [-0.4, -0.2) is 38.8 Å². The second kappa shape index (κ2) is 10.8. The predicted octanol–water partition coefficient (Wildman–Crippen LogP) is 3.38. The molecule has 2 aromatic rings. The molecule has 0 aromatic heterocycles. The SMILES string of the molecule is C=CCc1ccc(OCC(=O)O[C@@H](C)C(=O)Nc2ccccc2OC)c(OC)c1. The highest BCUT2D eigenvalue weighted by Gasteiger charge is 2.20. The summed E-state index contributed by atoms with van der Waals surface area (Å²) in [5.74, 6) is 0.260. The van der Waals surface area contributed by atoms with Crippen LogP contribution < -0.4 is 19.5 Å². The molecular formula is C22H25NO6. The maximum absolute atomic E-state index is 12.3. The van der Waals surface area contributed by atoms with E-state index in [1.807, 2.05) is 12.1 Å². The van der Waals surface area contributed by atoms with Crippen LogP contribution in [-0.2, 0) is 20.7 Å². The van der Waals surface area contributed by atoms with Crippen LogP contribution in [0.1, 0.15) is 12.5 Å². The molecule has 0 bridgehead atoms. The van der Waals surface area contributed by atoms with Gasteiger partial charge in [0.25, 0.3) is 5.91 Å². The highest BCUT2D eigenvalue weighted by molar-refractivity contribution is 5.96. The van der Waals surface area contributed by atoms with Crippen LogP contribution in [0.25, 0.3) is 0 Å². The van der Waals surface area contributed by atoms with Gasteiger partial charge in [-0.2, -0.15) is 0 Å². The number of rotatable bonds is 10. The van der Waals surface area contributed by atoms with Crippen molar-refractivity contribution < 1.29 is 28.5 Å². The lowest BCUT2D eigenvalue weighted by Gasteiger charge is -2.16. The van der Waals surface area contributed by atoms with Crippen LogP contribution in [0, 0.1) is 0 Å². The van der Waals surface area contributed by atoms with Gasteiger partial charge in [0, 0.05) is 0 Å². The summed E-state index contributed by atoms with van der Waals surface area (Å²) in [5, 5.41) is 2.67. The fourth-order valence-electron chi connectivity index (χ4n) is 2.53. The van der Waals surface area contributed by atoms with Crippen molar-refractivity contribution in [3.63, 3.8) is 0 Å². The van der Waals surface area contributed by atoms with Crippen molar-refractivity contribution in [2.24, 2.45) is 0 Å². The molecule has 0 saturated carbocycles. The van der Waals surface area contributed by atoms with Gasteiger partial charge in [0.05, 0.1) is 19.9 Å². The summed E-state index contributed by atoms with van der Waals surface area (Å²) < 4.78 is 21.1. The number of methoxy groups -OCH3 is 2. The molecule has 0 aliphatic rings. The lowest BCUT2D eigenvalue weighted by atomic mass is 10.1. The average molecular weight is 399 g/mol. The third kappa shape index (κ3) is 6.27. The monoisotopic (exact) mass is 399 g/mol. The van der Waals surface area contributed by atoms with E-state index in [1.165, 1.54) is 21.1 Å². The van der Waals surface area contributed by atoms with E-state index in [-0.39, 0.29) is 6.61 Å². The fourth-order valence-corrected chi connectivity index (χ4v) is 2.53. The number of allylic oxidation sites excluding steroid dienone is 1. The van der Waals surface area contributed by atoms with Crippen molar-refractivity contribution in [3.8, 4) is 17.2 Å². The molecule has 29 heavy (non-hydrogen) atoms. The van der Waals surface area contributed by atoms with Crippen molar-refractivity contribution in [3.05, 3.63) is 60.7 Å². The van der Waals surface area contributed by atoms with Crippen molar-refractivity contribution in [2.45, 2.75) is 19.4 Å². The minimum absolute atomic E-state index is 0.358. The van der Waals surface area contributed by atoms with Gasteiger partial charge < -0.3 is 24.3 Å². The van der Waals surface area contributed by atoms with Crippen LogP contribution in [0.4, 0.5) is 5.69 Å². The van der Waals surface area contributed by atoms with Gasteiger partial charge in [0.1, 0.15) is 5.75 Å². The zero-order chi connectivity index (χ0) is 21.2. The van der Waals surface area contributed by atoms with Gasteiger partial charge in [0.2, 0.25) is 0 Å². The third-order valence-electron chi connectivity index (χ3n) is 4.00. The Labute approximate surface area is 170 Å². The van der Waals surface area contributed by atoms with Crippen molar-refractivity contribution in [1.82, 2.24) is 0 Å². The van der Waals surface area contributed by atoms with Gasteiger partial charge in [-0.1, -0.05) is 24.3 Å². The number of carbonyl (C=O) groups is 2. The summed E-state index contributed by atoms with van der Waals surface area (Å²) in [5.41, 5.74) is 1.50. The highest BCUT2D eigenvalue weighted by Crippen LogP contribution is 2.28. The average Bonchev–Trinajstić information content (AvgIpc) is 2.73. The standard InChI is InChI=1S/C22H25NO6/c1-5-8-16-11-12-19(20(13-16)27-4)28-14-21(24)29-15(2)22(25)23-17-9-6-7-10-18(17)26-3/h5-7,9-13,15H,1,8,14H2,2-4H3,(H,23,25)/t15-/m0/s1. The summed E-state index contributed by atoms with van der Waals surface area (Å²) >= 11 is 0. The Bertz CT molecular complexity index is 864. The summed E-state index contributed by atoms with van der Waals surface area (Å²) in [4.78, 5) is 24.3. The molecule has 1 amide bonds. The van der Waals surface area contributed by atoms with Gasteiger partial charge in [-0.15, -0.1) is 6.58 Å². The Kier molecular flexibility index (Phi) is 8.09. The zero-order valence-corrected chi connectivity index (χ0v) is 16.8. The number of benzene rings is 2. The maximum atomic E-state index is 12.3. The van der Waals surface area contributed by atoms with Crippen molar-refractivity contribution in [2.75, 3.05) is 26.1 Å². The second-order valence-corrected chi connectivity index (χ2v) is 6.09. The lowest BCUT2D eigenvalue weighted by Crippen LogP contribution is -2.31. The maximum Gasteiger partial charge on any atom is 0.344 e. The number of anilines is 1. The van der Waals surface area contributed by atoms with Gasteiger partial charge in [-0.3, -0.25) is 4.79 Å². The normalized spacial score (nSPS) is 11.1. The molecule has 7 nitrogen and oxygen atoms in total. The first-order chi connectivity index (χ1) is 14.0. The van der Waals surface area contributed by atoms with Gasteiger partial charge >= 0.3 is 5.97 Å². The molecule has 0 heterocycles. The number of para-hydroxylation sites is 2. The smallest absolute Gasteiger partial charge is 0.344 e. The van der Waals surface area contributed by atoms with Crippen molar-refractivity contribution >= 4 is 17.6 Å². The van der Waals surface area contributed by atoms with Gasteiger partial charge in [-0.25, -0.2) is 4.79 Å². The summed E-state index contributed by atoms with van der Waals surface area (Å²) in [7, 11) is 3.02. The molecule has 0 fully saturated rings. The lowest BCUT2D eigenvalue weighted by molar-refractivity contribution is -0.155. The molecule has 0 unspecified atom stereocenters. The van der Waals surface area contributed by atoms with Crippen LogP contribution in [0.2, 0.25) is 0 Å². The molecule has 154 valence electrons. The minimum atomic E-state index is -1.01. The molecule has 7 heteroatoms. The van der Waals surface area contributed by atoms with Crippen LogP contribution in [0.3, 0.4) is 0 Å². The predicted molar refractivity (Wildman–Crippen MR) is 110 cm³/mol. The number of carbonyl (C=O) groups excluding carboxylic acids is 2. The van der Waals surface area contributed by atoms with E-state index in [0.717, 1.165) is 5.56 Å². The van der Waals surface area contributed by atoms with E-state index in [4.69, 9.17) is 18.9 Å². The van der Waals surface area contributed by atoms with Crippen LogP contribution in [0.15, 0.2) is 55.1 Å². The Morgan fingerprint density at radius 3 is 2.48 bits per heavy atom. The molecule has 0 spiro atoms. The Balaban J connectivity index is 1.90. The van der Waals surface area contributed by atoms with Crippen LogP contribution in [0.5, 0.6) is 17.2 Å². The number of amides is 1. The van der Waals surface area contributed by atoms with E-state index < -0.39 is 18.0 Å². The molecule has 0 radical (unpaired) electrons. The molecular weight excluding hydrogens is 374 g/mol. The molecule has 0 saturated heterocycles. The first-order valence-corrected chi connectivity index (χ1v) is 9.02. The molecule has 1 N–H and O–H groups in total. The number of esters is 1. The molecule has 2 rings (SSSR count). The Morgan fingerprint density at radius 2 is 1.79 bits per heavy atom. The van der Waals surface area contributed by atoms with Crippen molar-refractivity contribution in [1.29, 1.82) is 0 Å². The fraction of sp³-hybridized carbons (Fsp3) is 0.273. The zero-order valence-electron chi connectivity index (χ0n) is 16.8. The Morgan fingerprint density at radius 1 is 1.07 bits per heavy atom. The van der Waals surface area contributed by atoms with Crippen LogP contribution >= 0.6 is 0 Å². The summed E-state index contributed by atoms with van der Waals surface area (Å²) in [6.45, 7) is 4.82. The quantitative estimate of drug-likeness (QED) is 0.487. The van der Waals surface area contributed by atoms with E-state index in [1.54, 1.807) is 36.4 Å². The van der Waals surface area contributed by atoms with Gasteiger partial charge in [0.15, 0.2) is 24.2 Å². The molecule has 1 atom stereocenters. The van der Waals surface area contributed by atoms with E-state index >= 15 is 0 Å². The molecule has 0 aliphatic carbocycles.